The van der Waals surface area contributed by atoms with Gasteiger partial charge in [0.05, 0.1) is 33.0 Å². The molecular formula is C22H26N4O4. The normalized spacial score (nSPS) is 15.8. The van der Waals surface area contributed by atoms with Crippen LogP contribution in [0.5, 0.6) is 17.2 Å². The van der Waals surface area contributed by atoms with E-state index in [2.05, 4.69) is 15.6 Å². The molecule has 158 valence electrons. The number of methoxy groups -OCH3 is 3. The zero-order valence-corrected chi connectivity index (χ0v) is 17.4. The summed E-state index contributed by atoms with van der Waals surface area (Å²) < 4.78 is 21.9. The number of benzene rings is 2. The van der Waals surface area contributed by atoms with Crippen LogP contribution >= 0.6 is 0 Å². The highest BCUT2D eigenvalue weighted by Gasteiger charge is 2.18. The summed E-state index contributed by atoms with van der Waals surface area (Å²) in [4.78, 5) is 9.39. The molecular weight excluding hydrogens is 384 g/mol. The molecule has 1 aliphatic heterocycles. The molecule has 2 heterocycles. The fourth-order valence-corrected chi connectivity index (χ4v) is 3.47. The molecule has 1 fully saturated rings. The summed E-state index contributed by atoms with van der Waals surface area (Å²) in [5.74, 6) is 3.23. The Kier molecular flexibility index (Phi) is 6.04. The average Bonchev–Trinajstić information content (AvgIpc) is 3.30. The van der Waals surface area contributed by atoms with Crippen LogP contribution in [0.2, 0.25) is 0 Å². The molecule has 4 rings (SSSR count). The Morgan fingerprint density at radius 2 is 1.77 bits per heavy atom. The van der Waals surface area contributed by atoms with Crippen LogP contribution in [-0.4, -0.2) is 50.6 Å². The largest absolute Gasteiger partial charge is 0.497 e. The first-order valence-electron chi connectivity index (χ1n) is 9.90. The molecule has 1 unspecified atom stereocenters. The molecule has 0 aliphatic carbocycles. The number of hydrogen-bond donors (Lipinski definition) is 2. The van der Waals surface area contributed by atoms with Crippen molar-refractivity contribution in [3.63, 3.8) is 0 Å². The maximum absolute atomic E-state index is 5.74. The molecule has 0 bridgehead atoms. The lowest BCUT2D eigenvalue weighted by Crippen LogP contribution is -2.19. The molecule has 2 N–H and O–H groups in total. The smallest absolute Gasteiger partial charge is 0.229 e. The molecule has 8 nitrogen and oxygen atoms in total. The van der Waals surface area contributed by atoms with Gasteiger partial charge in [-0.25, -0.2) is 4.98 Å². The molecule has 1 aliphatic rings. The summed E-state index contributed by atoms with van der Waals surface area (Å²) in [6.45, 7) is 1.49. The maximum Gasteiger partial charge on any atom is 0.229 e. The molecule has 1 saturated heterocycles. The third-order valence-electron chi connectivity index (χ3n) is 5.07. The average molecular weight is 410 g/mol. The van der Waals surface area contributed by atoms with Gasteiger partial charge in [0.15, 0.2) is 11.5 Å². The third-order valence-corrected chi connectivity index (χ3v) is 5.07. The first-order valence-corrected chi connectivity index (χ1v) is 9.90. The highest BCUT2D eigenvalue weighted by Crippen LogP contribution is 2.35. The van der Waals surface area contributed by atoms with E-state index in [1.807, 2.05) is 36.4 Å². The molecule has 3 aromatic rings. The van der Waals surface area contributed by atoms with Gasteiger partial charge >= 0.3 is 0 Å². The Morgan fingerprint density at radius 3 is 2.43 bits per heavy atom. The van der Waals surface area contributed by atoms with Crippen molar-refractivity contribution in [1.29, 1.82) is 0 Å². The summed E-state index contributed by atoms with van der Waals surface area (Å²) in [6, 6.07) is 11.3. The molecule has 8 heteroatoms. The van der Waals surface area contributed by atoms with E-state index in [4.69, 9.17) is 23.9 Å². The molecule has 0 saturated carbocycles. The van der Waals surface area contributed by atoms with E-state index >= 15 is 0 Å². The molecule has 30 heavy (non-hydrogen) atoms. The van der Waals surface area contributed by atoms with Crippen LogP contribution in [0.1, 0.15) is 12.8 Å². The predicted molar refractivity (Wildman–Crippen MR) is 116 cm³/mol. The monoisotopic (exact) mass is 410 g/mol. The summed E-state index contributed by atoms with van der Waals surface area (Å²) in [5.41, 5.74) is 1.61. The predicted octanol–water partition coefficient (Wildman–Crippen LogP) is 3.99. The van der Waals surface area contributed by atoms with Gasteiger partial charge in [-0.2, -0.15) is 4.98 Å². The lowest BCUT2D eigenvalue weighted by molar-refractivity contribution is 0.120. The summed E-state index contributed by atoms with van der Waals surface area (Å²) >= 11 is 0. The van der Waals surface area contributed by atoms with Crippen LogP contribution < -0.4 is 24.8 Å². The molecule has 0 amide bonds. The molecule has 0 radical (unpaired) electrons. The number of nitrogens with zero attached hydrogens (tertiary/aromatic N) is 2. The van der Waals surface area contributed by atoms with Gasteiger partial charge in [0.1, 0.15) is 11.6 Å². The molecule has 0 spiro atoms. The van der Waals surface area contributed by atoms with Crippen molar-refractivity contribution in [3.8, 4) is 17.2 Å². The van der Waals surface area contributed by atoms with Gasteiger partial charge in [-0.15, -0.1) is 0 Å². The van der Waals surface area contributed by atoms with Crippen LogP contribution in [0.15, 0.2) is 36.4 Å². The Bertz CT molecular complexity index is 1000. The van der Waals surface area contributed by atoms with E-state index < -0.39 is 0 Å². The Hall–Kier alpha value is -3.26. The first kappa shape index (κ1) is 20.0. The van der Waals surface area contributed by atoms with Crippen molar-refractivity contribution in [3.05, 3.63) is 36.4 Å². The van der Waals surface area contributed by atoms with Crippen molar-refractivity contribution in [2.24, 2.45) is 0 Å². The number of aromatic nitrogens is 2. The topological polar surface area (TPSA) is 86.8 Å². The molecule has 1 aromatic heterocycles. The van der Waals surface area contributed by atoms with E-state index in [-0.39, 0.29) is 6.10 Å². The van der Waals surface area contributed by atoms with Crippen LogP contribution in [0.4, 0.5) is 17.5 Å². The van der Waals surface area contributed by atoms with Gasteiger partial charge < -0.3 is 29.6 Å². The van der Waals surface area contributed by atoms with Crippen molar-refractivity contribution in [2.75, 3.05) is 45.1 Å². The first-order chi connectivity index (χ1) is 14.7. The summed E-state index contributed by atoms with van der Waals surface area (Å²) in [6.07, 6.45) is 2.32. The van der Waals surface area contributed by atoms with Crippen molar-refractivity contribution >= 4 is 28.4 Å². The number of hydrogen-bond acceptors (Lipinski definition) is 8. The maximum atomic E-state index is 5.74. The molecule has 1 atom stereocenters. The minimum absolute atomic E-state index is 0.188. The second-order valence-corrected chi connectivity index (χ2v) is 6.99. The van der Waals surface area contributed by atoms with Gasteiger partial charge in [0.25, 0.3) is 0 Å². The molecule has 2 aromatic carbocycles. The Morgan fingerprint density at radius 1 is 1.00 bits per heavy atom. The highest BCUT2D eigenvalue weighted by atomic mass is 16.5. The van der Waals surface area contributed by atoms with E-state index in [1.165, 1.54) is 0 Å². The van der Waals surface area contributed by atoms with E-state index in [0.29, 0.717) is 29.8 Å². The lowest BCUT2D eigenvalue weighted by Gasteiger charge is -2.16. The SMILES string of the molecule is COc1ccc(Nc2nc(NCC3CCCO3)c3cc(OC)c(OC)cc3n2)cc1. The zero-order chi connectivity index (χ0) is 20.9. The van der Waals surface area contributed by atoms with Crippen molar-refractivity contribution < 1.29 is 18.9 Å². The van der Waals surface area contributed by atoms with Crippen LogP contribution in [0.25, 0.3) is 10.9 Å². The Labute approximate surface area is 175 Å². The van der Waals surface area contributed by atoms with Crippen LogP contribution in [0, 0.1) is 0 Å². The number of nitrogens with one attached hydrogen (secondary N) is 2. The highest BCUT2D eigenvalue weighted by molar-refractivity contribution is 5.93. The van der Waals surface area contributed by atoms with Gasteiger partial charge in [0.2, 0.25) is 5.95 Å². The third kappa shape index (κ3) is 4.33. The minimum atomic E-state index is 0.188. The zero-order valence-electron chi connectivity index (χ0n) is 17.4. The second kappa shape index (κ2) is 9.04. The summed E-state index contributed by atoms with van der Waals surface area (Å²) in [5, 5.41) is 7.54. The van der Waals surface area contributed by atoms with Gasteiger partial charge in [-0.05, 0) is 43.2 Å². The van der Waals surface area contributed by atoms with E-state index in [0.717, 1.165) is 41.8 Å². The quantitative estimate of drug-likeness (QED) is 0.576. The van der Waals surface area contributed by atoms with Crippen molar-refractivity contribution in [2.45, 2.75) is 18.9 Å². The standard InChI is InChI=1S/C22H26N4O4/c1-27-15-8-6-14(7-9-15)24-22-25-18-12-20(29-3)19(28-2)11-17(18)21(26-22)23-13-16-5-4-10-30-16/h6-9,11-12,16H,4-5,10,13H2,1-3H3,(H2,23,24,25,26). The van der Waals surface area contributed by atoms with Gasteiger partial charge in [0, 0.05) is 30.3 Å². The van der Waals surface area contributed by atoms with Gasteiger partial charge in [-0.1, -0.05) is 0 Å². The number of anilines is 3. The number of fused-ring (bicyclic) bond motifs is 1. The Balaban J connectivity index is 1.69. The van der Waals surface area contributed by atoms with Crippen molar-refractivity contribution in [1.82, 2.24) is 9.97 Å². The number of ether oxygens (including phenoxy) is 4. The summed E-state index contributed by atoms with van der Waals surface area (Å²) in [7, 11) is 4.87. The van der Waals surface area contributed by atoms with E-state index in [9.17, 15) is 0 Å². The van der Waals surface area contributed by atoms with Gasteiger partial charge in [-0.3, -0.25) is 0 Å². The second-order valence-electron chi connectivity index (χ2n) is 6.99. The van der Waals surface area contributed by atoms with Crippen LogP contribution in [0.3, 0.4) is 0 Å². The minimum Gasteiger partial charge on any atom is -0.497 e. The van der Waals surface area contributed by atoms with Crippen LogP contribution in [-0.2, 0) is 4.74 Å². The number of rotatable bonds is 8. The lowest BCUT2D eigenvalue weighted by atomic mass is 10.2. The fourth-order valence-electron chi connectivity index (χ4n) is 3.47. The fraction of sp³-hybridized carbons (Fsp3) is 0.364. The van der Waals surface area contributed by atoms with E-state index in [1.54, 1.807) is 21.3 Å².